The predicted octanol–water partition coefficient (Wildman–Crippen LogP) is 3.92. The van der Waals surface area contributed by atoms with Crippen molar-refractivity contribution < 1.29 is 0 Å². The van der Waals surface area contributed by atoms with Crippen molar-refractivity contribution in [1.82, 2.24) is 0 Å². The van der Waals surface area contributed by atoms with E-state index in [0.717, 1.165) is 41.9 Å². The summed E-state index contributed by atoms with van der Waals surface area (Å²) in [5.74, 6) is 3.93. The van der Waals surface area contributed by atoms with Crippen LogP contribution in [0.2, 0.25) is 0 Å². The maximum Gasteiger partial charge on any atom is 0.0602 e. The minimum Gasteiger partial charge on any atom is -0.397 e. The van der Waals surface area contributed by atoms with Gasteiger partial charge in [0.05, 0.1) is 11.4 Å². The van der Waals surface area contributed by atoms with E-state index in [1.807, 2.05) is 12.1 Å². The van der Waals surface area contributed by atoms with Gasteiger partial charge in [0.25, 0.3) is 0 Å². The Bertz CT molecular complexity index is 468. The number of hydrogen-bond acceptors (Lipinski definition) is 2. The second-order valence-corrected chi connectivity index (χ2v) is 7.27. The number of nitrogens with two attached hydrogens (primary N) is 1. The van der Waals surface area contributed by atoms with Gasteiger partial charge < -0.3 is 10.6 Å². The van der Waals surface area contributed by atoms with Crippen LogP contribution in [0.15, 0.2) is 24.3 Å². The molecule has 108 valence electrons. The quantitative estimate of drug-likeness (QED) is 0.844. The zero-order valence-corrected chi connectivity index (χ0v) is 12.5. The summed E-state index contributed by atoms with van der Waals surface area (Å²) in [6.07, 6.45) is 7.42. The van der Waals surface area contributed by atoms with Crippen LogP contribution in [0.3, 0.4) is 0 Å². The molecule has 0 radical (unpaired) electrons. The summed E-state index contributed by atoms with van der Waals surface area (Å²) in [7, 11) is 0. The van der Waals surface area contributed by atoms with Crippen LogP contribution >= 0.6 is 0 Å². The highest BCUT2D eigenvalue weighted by Crippen LogP contribution is 2.55. The fourth-order valence-electron chi connectivity index (χ4n) is 5.70. The Balaban J connectivity index is 1.67. The van der Waals surface area contributed by atoms with Crippen molar-refractivity contribution in [1.29, 1.82) is 0 Å². The number of nitrogen functional groups attached to an aromatic ring is 1. The average molecular weight is 270 g/mol. The zero-order chi connectivity index (χ0) is 13.7. The van der Waals surface area contributed by atoms with Gasteiger partial charge in [-0.3, -0.25) is 0 Å². The molecule has 4 fully saturated rings. The molecular formula is C18H26N2. The molecule has 4 saturated carbocycles. The second kappa shape index (κ2) is 4.68. The Morgan fingerprint density at radius 2 is 1.60 bits per heavy atom. The van der Waals surface area contributed by atoms with Crippen molar-refractivity contribution in [2.75, 3.05) is 17.2 Å². The maximum absolute atomic E-state index is 6.25. The van der Waals surface area contributed by atoms with Gasteiger partial charge in [0, 0.05) is 12.6 Å². The van der Waals surface area contributed by atoms with Crippen molar-refractivity contribution in [2.24, 2.45) is 23.7 Å². The van der Waals surface area contributed by atoms with Crippen LogP contribution < -0.4 is 10.6 Å². The highest BCUT2D eigenvalue weighted by atomic mass is 15.2. The minimum atomic E-state index is 0.748. The summed E-state index contributed by atoms with van der Waals surface area (Å²) in [5.41, 5.74) is 8.47. The number of rotatable bonds is 3. The molecule has 4 aliphatic carbocycles. The van der Waals surface area contributed by atoms with Crippen LogP contribution in [-0.2, 0) is 0 Å². The smallest absolute Gasteiger partial charge is 0.0602 e. The third-order valence-corrected chi connectivity index (χ3v) is 6.12. The first-order valence-electron chi connectivity index (χ1n) is 8.37. The summed E-state index contributed by atoms with van der Waals surface area (Å²) < 4.78 is 0. The fraction of sp³-hybridized carbons (Fsp3) is 0.667. The molecule has 2 N–H and O–H groups in total. The molecule has 0 aliphatic heterocycles. The Morgan fingerprint density at radius 1 is 1.00 bits per heavy atom. The summed E-state index contributed by atoms with van der Waals surface area (Å²) >= 11 is 0. The van der Waals surface area contributed by atoms with Gasteiger partial charge in [-0.1, -0.05) is 12.1 Å². The van der Waals surface area contributed by atoms with E-state index in [9.17, 15) is 0 Å². The molecule has 2 heteroatoms. The molecule has 5 rings (SSSR count). The first kappa shape index (κ1) is 12.6. The average Bonchev–Trinajstić information content (AvgIpc) is 2.43. The lowest BCUT2D eigenvalue weighted by Gasteiger charge is -2.57. The van der Waals surface area contributed by atoms with E-state index in [1.165, 1.54) is 37.8 Å². The number of anilines is 2. The molecule has 2 nitrogen and oxygen atoms in total. The Kier molecular flexibility index (Phi) is 2.94. The van der Waals surface area contributed by atoms with E-state index in [0.29, 0.717) is 0 Å². The molecule has 20 heavy (non-hydrogen) atoms. The number of nitrogens with zero attached hydrogens (tertiary/aromatic N) is 1. The second-order valence-electron chi connectivity index (χ2n) is 7.27. The molecule has 0 spiro atoms. The normalized spacial score (nSPS) is 38.1. The van der Waals surface area contributed by atoms with E-state index in [1.54, 1.807) is 0 Å². The maximum atomic E-state index is 6.25. The van der Waals surface area contributed by atoms with E-state index in [4.69, 9.17) is 5.73 Å². The van der Waals surface area contributed by atoms with Gasteiger partial charge in [-0.25, -0.2) is 0 Å². The highest BCUT2D eigenvalue weighted by molar-refractivity contribution is 5.68. The van der Waals surface area contributed by atoms with Crippen LogP contribution in [-0.4, -0.2) is 12.6 Å². The lowest BCUT2D eigenvalue weighted by Crippen LogP contribution is -2.56. The van der Waals surface area contributed by atoms with E-state index in [-0.39, 0.29) is 0 Å². The fourth-order valence-corrected chi connectivity index (χ4v) is 5.70. The van der Waals surface area contributed by atoms with Gasteiger partial charge in [0.1, 0.15) is 0 Å². The third kappa shape index (κ3) is 1.84. The Morgan fingerprint density at radius 3 is 2.15 bits per heavy atom. The predicted molar refractivity (Wildman–Crippen MR) is 84.7 cm³/mol. The molecule has 0 atom stereocenters. The monoisotopic (exact) mass is 270 g/mol. The molecule has 4 bridgehead atoms. The van der Waals surface area contributed by atoms with Gasteiger partial charge in [-0.15, -0.1) is 0 Å². The lowest BCUT2D eigenvalue weighted by atomic mass is 9.54. The van der Waals surface area contributed by atoms with Crippen LogP contribution in [0.1, 0.15) is 39.0 Å². The van der Waals surface area contributed by atoms with E-state index < -0.39 is 0 Å². The summed E-state index contributed by atoms with van der Waals surface area (Å²) in [4.78, 5) is 2.63. The minimum absolute atomic E-state index is 0.748. The van der Waals surface area contributed by atoms with E-state index in [2.05, 4.69) is 24.0 Å². The van der Waals surface area contributed by atoms with Crippen molar-refractivity contribution in [3.63, 3.8) is 0 Å². The van der Waals surface area contributed by atoms with Gasteiger partial charge in [-0.2, -0.15) is 0 Å². The molecule has 0 saturated heterocycles. The van der Waals surface area contributed by atoms with Crippen molar-refractivity contribution in [3.8, 4) is 0 Å². The molecule has 0 aromatic heterocycles. The van der Waals surface area contributed by atoms with Gasteiger partial charge in [0.2, 0.25) is 0 Å². The number of hydrogen-bond donors (Lipinski definition) is 1. The van der Waals surface area contributed by atoms with E-state index >= 15 is 0 Å². The standard InChI is InChI=1S/C18H26N2/c1-2-20(17-6-4-3-5-16(17)19)18-14-8-12-7-13(10-14)11-15(18)9-12/h3-6,12-15,18H,2,7-11,19H2,1H3. The molecule has 1 aromatic carbocycles. The Labute approximate surface area is 122 Å². The Hall–Kier alpha value is -1.18. The SMILES string of the molecule is CCN(c1ccccc1N)C1C2CC3CC(C2)CC1C3. The largest absolute Gasteiger partial charge is 0.397 e. The highest BCUT2D eigenvalue weighted by Gasteiger charge is 2.50. The van der Waals surface area contributed by atoms with Crippen molar-refractivity contribution >= 4 is 11.4 Å². The topological polar surface area (TPSA) is 29.3 Å². The van der Waals surface area contributed by atoms with Gasteiger partial charge >= 0.3 is 0 Å². The van der Waals surface area contributed by atoms with Crippen LogP contribution in [0.25, 0.3) is 0 Å². The van der Waals surface area contributed by atoms with Crippen LogP contribution in [0.5, 0.6) is 0 Å². The summed E-state index contributed by atoms with van der Waals surface area (Å²) in [6.45, 7) is 3.37. The van der Waals surface area contributed by atoms with Gasteiger partial charge in [-0.05, 0) is 74.8 Å². The zero-order valence-electron chi connectivity index (χ0n) is 12.5. The molecule has 4 aliphatic rings. The van der Waals surface area contributed by atoms with Crippen LogP contribution in [0, 0.1) is 23.7 Å². The van der Waals surface area contributed by atoms with Gasteiger partial charge in [0.15, 0.2) is 0 Å². The van der Waals surface area contributed by atoms with Crippen LogP contribution in [0.4, 0.5) is 11.4 Å². The lowest BCUT2D eigenvalue weighted by molar-refractivity contribution is -0.00250. The molecule has 1 aromatic rings. The molecule has 0 unspecified atom stereocenters. The summed E-state index contributed by atoms with van der Waals surface area (Å²) in [6, 6.07) is 9.18. The first-order chi connectivity index (χ1) is 9.76. The third-order valence-electron chi connectivity index (χ3n) is 6.12. The van der Waals surface area contributed by atoms with Crippen molar-refractivity contribution in [2.45, 2.75) is 45.1 Å². The van der Waals surface area contributed by atoms with Crippen molar-refractivity contribution in [3.05, 3.63) is 24.3 Å². The number of benzene rings is 1. The molecule has 0 amide bonds. The molecular weight excluding hydrogens is 244 g/mol. The first-order valence-corrected chi connectivity index (χ1v) is 8.37. The number of para-hydroxylation sites is 2. The summed E-state index contributed by atoms with van der Waals surface area (Å²) in [5, 5.41) is 0. The molecule has 0 heterocycles.